The molecule has 2 aromatic heterocycles. The maximum absolute atomic E-state index is 11.5. The van der Waals surface area contributed by atoms with E-state index < -0.39 is 4.92 Å². The number of nitrogens with one attached hydrogen (secondary N) is 1. The average molecular weight is 428 g/mol. The molecule has 0 bridgehead atoms. The van der Waals surface area contributed by atoms with E-state index >= 15 is 0 Å². The predicted octanol–water partition coefficient (Wildman–Crippen LogP) is 1.88. The van der Waals surface area contributed by atoms with Crippen molar-refractivity contribution in [2.24, 2.45) is 7.05 Å². The van der Waals surface area contributed by atoms with E-state index in [0.29, 0.717) is 11.4 Å². The number of ether oxygens (including phenoxy) is 2. The molecule has 0 spiro atoms. The summed E-state index contributed by atoms with van der Waals surface area (Å²) in [6.45, 7) is 0. The number of aromatic amines is 1. The minimum absolute atomic E-state index is 0.0186. The second-order valence-corrected chi connectivity index (χ2v) is 9.89. The molecule has 0 saturated carbocycles. The monoisotopic (exact) mass is 427 g/mol. The molecule has 0 radical (unpaired) electrons. The van der Waals surface area contributed by atoms with E-state index in [1.807, 2.05) is 6.07 Å². The van der Waals surface area contributed by atoms with Gasteiger partial charge in [-0.05, 0) is 48.4 Å². The van der Waals surface area contributed by atoms with Gasteiger partial charge in [-0.2, -0.15) is 10.2 Å². The molecule has 1 aromatic carbocycles. The van der Waals surface area contributed by atoms with Gasteiger partial charge in [-0.25, -0.2) is 0 Å². The largest absolute Gasteiger partial charge is 0.497 e. The van der Waals surface area contributed by atoms with Gasteiger partial charge in [0.1, 0.15) is 23.4 Å². The summed E-state index contributed by atoms with van der Waals surface area (Å²) in [5, 5.41) is 23.2. The molecule has 30 heavy (non-hydrogen) atoms. The third-order valence-electron chi connectivity index (χ3n) is 6.06. The fourth-order valence-electron chi connectivity index (χ4n) is 4.38. The second kappa shape index (κ2) is 7.60. The SMILES string of the molecule is COc1cc(OC)cc([C@]2([SiH3])CCCc3c(-c4c([N+](=O)[O-])cnn4C)n[nH]c3C2)c1. The molecule has 1 aliphatic carbocycles. The standard InChI is InChI=1S/C20H25N5O4Si/c1-24-19(17(11-21-24)25(26)27)18-15-5-4-6-20(30,10-16(15)22-23-18)12-7-13(28-2)9-14(8-12)29-3/h7-9,11H,4-6,10H2,1-3,30H3,(H,22,23)/t20-/m0/s1. The first-order valence-electron chi connectivity index (χ1n) is 9.82. The summed E-state index contributed by atoms with van der Waals surface area (Å²) in [6, 6.07) is 6.06. The molecule has 4 rings (SSSR count). The van der Waals surface area contributed by atoms with Crippen molar-refractivity contribution in [3.05, 3.63) is 51.3 Å². The van der Waals surface area contributed by atoms with Gasteiger partial charge in [-0.15, -0.1) is 0 Å². The van der Waals surface area contributed by atoms with E-state index in [4.69, 9.17) is 9.47 Å². The molecule has 0 unspecified atom stereocenters. The molecule has 1 N–H and O–H groups in total. The first-order chi connectivity index (χ1) is 14.4. The quantitative estimate of drug-likeness (QED) is 0.288. The van der Waals surface area contributed by atoms with Gasteiger partial charge in [-0.3, -0.25) is 19.9 Å². The second-order valence-electron chi connectivity index (χ2n) is 7.98. The van der Waals surface area contributed by atoms with Gasteiger partial charge in [0.15, 0.2) is 5.69 Å². The van der Waals surface area contributed by atoms with Gasteiger partial charge in [0, 0.05) is 34.6 Å². The van der Waals surface area contributed by atoms with Crippen molar-refractivity contribution in [1.29, 1.82) is 0 Å². The summed E-state index contributed by atoms with van der Waals surface area (Å²) in [5.74, 6) is 1.56. The van der Waals surface area contributed by atoms with Crippen molar-refractivity contribution >= 4 is 15.9 Å². The summed E-state index contributed by atoms with van der Waals surface area (Å²) in [5.41, 5.74) is 4.34. The lowest BCUT2D eigenvalue weighted by atomic mass is 9.89. The van der Waals surface area contributed by atoms with Crippen LogP contribution in [0.3, 0.4) is 0 Å². The van der Waals surface area contributed by atoms with E-state index in [1.165, 1.54) is 16.4 Å². The van der Waals surface area contributed by atoms with E-state index in [-0.39, 0.29) is 10.7 Å². The normalized spacial score (nSPS) is 18.6. The first-order valence-corrected chi connectivity index (χ1v) is 10.8. The summed E-state index contributed by atoms with van der Waals surface area (Å²) in [4.78, 5) is 11.1. The summed E-state index contributed by atoms with van der Waals surface area (Å²) in [7, 11) is 5.95. The van der Waals surface area contributed by atoms with Crippen LogP contribution in [0.25, 0.3) is 11.4 Å². The van der Waals surface area contributed by atoms with Crippen molar-refractivity contribution in [3.8, 4) is 22.9 Å². The Kier molecular flexibility index (Phi) is 5.10. The highest BCUT2D eigenvalue weighted by atomic mass is 28.1. The number of rotatable bonds is 5. The van der Waals surface area contributed by atoms with Crippen molar-refractivity contribution < 1.29 is 14.4 Å². The van der Waals surface area contributed by atoms with Crippen LogP contribution < -0.4 is 9.47 Å². The number of aryl methyl sites for hydroxylation is 1. The number of benzene rings is 1. The molecule has 1 atom stereocenters. The van der Waals surface area contributed by atoms with E-state index in [0.717, 1.165) is 58.7 Å². The minimum atomic E-state index is -0.403. The molecule has 0 saturated heterocycles. The molecule has 1 aliphatic rings. The number of H-pyrrole nitrogens is 1. The van der Waals surface area contributed by atoms with Gasteiger partial charge >= 0.3 is 5.69 Å². The maximum atomic E-state index is 11.5. The lowest BCUT2D eigenvalue weighted by molar-refractivity contribution is -0.384. The molecule has 0 aliphatic heterocycles. The highest BCUT2D eigenvalue weighted by molar-refractivity contribution is 6.16. The van der Waals surface area contributed by atoms with E-state index in [2.05, 4.69) is 27.4 Å². The zero-order chi connectivity index (χ0) is 21.5. The van der Waals surface area contributed by atoms with Crippen LogP contribution >= 0.6 is 0 Å². The Morgan fingerprint density at radius 3 is 2.60 bits per heavy atom. The van der Waals surface area contributed by atoms with Gasteiger partial charge in [-0.1, -0.05) is 0 Å². The highest BCUT2D eigenvalue weighted by Crippen LogP contribution is 2.41. The highest BCUT2D eigenvalue weighted by Gasteiger charge is 2.35. The molecule has 9 nitrogen and oxygen atoms in total. The zero-order valence-corrected chi connectivity index (χ0v) is 19.6. The fraction of sp³-hybridized carbons (Fsp3) is 0.400. The summed E-state index contributed by atoms with van der Waals surface area (Å²) in [6.07, 6.45) is 4.88. The van der Waals surface area contributed by atoms with Crippen LogP contribution in [0.4, 0.5) is 5.69 Å². The van der Waals surface area contributed by atoms with E-state index in [1.54, 1.807) is 21.3 Å². The van der Waals surface area contributed by atoms with Gasteiger partial charge in [0.05, 0.1) is 19.1 Å². The Labute approximate surface area is 177 Å². The maximum Gasteiger partial charge on any atom is 0.316 e. The summed E-state index contributed by atoms with van der Waals surface area (Å²) >= 11 is 0. The van der Waals surface area contributed by atoms with Gasteiger partial charge in [0.2, 0.25) is 0 Å². The van der Waals surface area contributed by atoms with Crippen molar-refractivity contribution in [2.75, 3.05) is 14.2 Å². The number of hydrogen-bond acceptors (Lipinski definition) is 6. The van der Waals surface area contributed by atoms with Gasteiger partial charge in [0.25, 0.3) is 0 Å². The Morgan fingerprint density at radius 1 is 1.27 bits per heavy atom. The average Bonchev–Trinajstić information content (AvgIpc) is 3.25. The van der Waals surface area contributed by atoms with Crippen molar-refractivity contribution in [3.63, 3.8) is 0 Å². The summed E-state index contributed by atoms with van der Waals surface area (Å²) < 4.78 is 12.5. The van der Waals surface area contributed by atoms with Crippen LogP contribution in [-0.2, 0) is 24.9 Å². The van der Waals surface area contributed by atoms with Crippen LogP contribution in [0.2, 0.25) is 0 Å². The molecule has 0 amide bonds. The third-order valence-corrected chi connectivity index (χ3v) is 7.49. The predicted molar refractivity (Wildman–Crippen MR) is 115 cm³/mol. The Hall–Kier alpha value is -3.14. The van der Waals surface area contributed by atoms with Crippen molar-refractivity contribution in [2.45, 2.75) is 30.7 Å². The van der Waals surface area contributed by atoms with Gasteiger partial charge < -0.3 is 9.47 Å². The van der Waals surface area contributed by atoms with Crippen LogP contribution in [0.5, 0.6) is 11.5 Å². The van der Waals surface area contributed by atoms with Crippen LogP contribution in [0.15, 0.2) is 24.4 Å². The minimum Gasteiger partial charge on any atom is -0.497 e. The Bertz CT molecular complexity index is 1090. The number of methoxy groups -OCH3 is 2. The first kappa shape index (κ1) is 20.1. The Balaban J connectivity index is 1.77. The lowest BCUT2D eigenvalue weighted by Crippen LogP contribution is -2.29. The van der Waals surface area contributed by atoms with E-state index in [9.17, 15) is 10.1 Å². The number of hydrogen-bond donors (Lipinski definition) is 1. The topological polar surface area (TPSA) is 108 Å². The zero-order valence-electron chi connectivity index (χ0n) is 17.6. The molecular weight excluding hydrogens is 402 g/mol. The number of nitro groups is 1. The molecule has 158 valence electrons. The van der Waals surface area contributed by atoms with Crippen LogP contribution in [0.1, 0.15) is 29.7 Å². The number of nitrogens with zero attached hydrogens (tertiary/aromatic N) is 4. The number of aromatic nitrogens is 4. The number of fused-ring (bicyclic) bond motifs is 1. The Morgan fingerprint density at radius 2 is 1.97 bits per heavy atom. The molecule has 3 aromatic rings. The van der Waals surface area contributed by atoms with Crippen LogP contribution in [-0.4, -0.2) is 49.4 Å². The molecule has 2 heterocycles. The third kappa shape index (κ3) is 3.36. The lowest BCUT2D eigenvalue weighted by Gasteiger charge is -2.29. The molecular formula is C20H25N5O4Si. The fourth-order valence-corrected chi connectivity index (χ4v) is 5.38. The van der Waals surface area contributed by atoms with Crippen molar-refractivity contribution in [1.82, 2.24) is 20.0 Å². The smallest absolute Gasteiger partial charge is 0.316 e. The van der Waals surface area contributed by atoms with Crippen LogP contribution in [0, 0.1) is 10.1 Å². The molecule has 10 heteroatoms. The molecule has 0 fully saturated rings.